The lowest BCUT2D eigenvalue weighted by atomic mass is 10.2. The Balaban J connectivity index is 2.27. The molecule has 2 unspecified atom stereocenters. The van der Waals surface area contributed by atoms with E-state index in [1.54, 1.807) is 4.90 Å². The summed E-state index contributed by atoms with van der Waals surface area (Å²) in [5.74, 6) is 0.538. The molecule has 21 heavy (non-hydrogen) atoms. The minimum absolute atomic E-state index is 0.0563. The van der Waals surface area contributed by atoms with Crippen LogP contribution in [0.15, 0.2) is 0 Å². The second kappa shape index (κ2) is 8.53. The Bertz CT molecular complexity index is 330. The van der Waals surface area contributed by atoms with Gasteiger partial charge in [0, 0.05) is 13.2 Å². The third-order valence-corrected chi connectivity index (χ3v) is 4.06. The third-order valence-electron chi connectivity index (χ3n) is 2.86. The molecular weight excluding hydrogens is 385 g/mol. The molecule has 0 saturated carbocycles. The van der Waals surface area contributed by atoms with Crippen molar-refractivity contribution < 1.29 is 19.0 Å². The molecule has 6 heteroatoms. The molecule has 1 saturated heterocycles. The second-order valence-corrected chi connectivity index (χ2v) is 8.38. The number of carbonyl (C=O) groups excluding carboxylic acids is 1. The minimum Gasteiger partial charge on any atom is -0.444 e. The van der Waals surface area contributed by atoms with Crippen LogP contribution in [0.1, 0.15) is 34.6 Å². The number of hydrogen-bond donors (Lipinski definition) is 0. The molecule has 2 atom stereocenters. The molecule has 0 aliphatic carbocycles. The number of ether oxygens (including phenoxy) is 3. The summed E-state index contributed by atoms with van der Waals surface area (Å²) in [5.41, 5.74) is -0.457. The Kier molecular flexibility index (Phi) is 7.70. The second-order valence-electron chi connectivity index (χ2n) is 6.78. The molecule has 1 aliphatic rings. The molecule has 0 radical (unpaired) electrons. The highest BCUT2D eigenvalue weighted by atomic mass is 127. The highest BCUT2D eigenvalue weighted by Crippen LogP contribution is 2.23. The Labute approximate surface area is 141 Å². The van der Waals surface area contributed by atoms with Gasteiger partial charge < -0.3 is 19.1 Å². The van der Waals surface area contributed by atoms with E-state index in [-0.39, 0.29) is 12.2 Å². The monoisotopic (exact) mass is 413 g/mol. The SMILES string of the molecule is CC(C)COCCOC1CN(C(=O)OC(C)(C)C)CC1I. The van der Waals surface area contributed by atoms with Crippen molar-refractivity contribution in [3.8, 4) is 0 Å². The summed E-state index contributed by atoms with van der Waals surface area (Å²) in [7, 11) is 0. The van der Waals surface area contributed by atoms with Gasteiger partial charge in [0.1, 0.15) is 5.60 Å². The molecule has 1 fully saturated rings. The molecule has 0 aromatic carbocycles. The van der Waals surface area contributed by atoms with Gasteiger partial charge >= 0.3 is 6.09 Å². The summed E-state index contributed by atoms with van der Waals surface area (Å²) >= 11 is 2.34. The van der Waals surface area contributed by atoms with Crippen LogP contribution in [0.3, 0.4) is 0 Å². The summed E-state index contributed by atoms with van der Waals surface area (Å²) < 4.78 is 17.0. The Morgan fingerprint density at radius 3 is 2.52 bits per heavy atom. The summed E-state index contributed by atoms with van der Waals surface area (Å²) in [5, 5.41) is 0. The normalized spacial score (nSPS) is 22.9. The van der Waals surface area contributed by atoms with Gasteiger partial charge in [0.2, 0.25) is 0 Å². The molecule has 0 spiro atoms. The number of rotatable bonds is 6. The van der Waals surface area contributed by atoms with E-state index in [0.717, 1.165) is 6.61 Å². The van der Waals surface area contributed by atoms with E-state index in [2.05, 4.69) is 36.4 Å². The van der Waals surface area contributed by atoms with Gasteiger partial charge in [-0.2, -0.15) is 0 Å². The van der Waals surface area contributed by atoms with Crippen molar-refractivity contribution in [1.29, 1.82) is 0 Å². The van der Waals surface area contributed by atoms with Crippen LogP contribution in [0.4, 0.5) is 4.79 Å². The van der Waals surface area contributed by atoms with Gasteiger partial charge in [0.15, 0.2) is 0 Å². The van der Waals surface area contributed by atoms with E-state index in [1.165, 1.54) is 0 Å². The number of nitrogens with zero attached hydrogens (tertiary/aromatic N) is 1. The molecule has 1 amide bonds. The third kappa shape index (κ3) is 7.65. The number of carbonyl (C=O) groups is 1. The smallest absolute Gasteiger partial charge is 0.410 e. The van der Waals surface area contributed by atoms with Gasteiger partial charge in [0.25, 0.3) is 0 Å². The number of hydrogen-bond acceptors (Lipinski definition) is 4. The van der Waals surface area contributed by atoms with Crippen molar-refractivity contribution in [3.05, 3.63) is 0 Å². The zero-order valence-electron chi connectivity index (χ0n) is 13.7. The fourth-order valence-electron chi connectivity index (χ4n) is 1.94. The van der Waals surface area contributed by atoms with Crippen LogP contribution in [0, 0.1) is 5.92 Å². The van der Waals surface area contributed by atoms with Gasteiger partial charge in [-0.1, -0.05) is 36.4 Å². The Morgan fingerprint density at radius 1 is 1.29 bits per heavy atom. The van der Waals surface area contributed by atoms with Crippen molar-refractivity contribution >= 4 is 28.7 Å². The van der Waals surface area contributed by atoms with Crippen molar-refractivity contribution in [2.24, 2.45) is 5.92 Å². The molecule has 1 aliphatic heterocycles. The standard InChI is InChI=1S/C15H28INO4/c1-11(2)10-19-6-7-20-13-9-17(8-12(13)16)14(18)21-15(3,4)5/h11-13H,6-10H2,1-5H3. The predicted octanol–water partition coefficient (Wildman–Crippen LogP) is 3.10. The van der Waals surface area contributed by atoms with Crippen LogP contribution < -0.4 is 0 Å². The highest BCUT2D eigenvalue weighted by Gasteiger charge is 2.36. The van der Waals surface area contributed by atoms with E-state index >= 15 is 0 Å². The van der Waals surface area contributed by atoms with Gasteiger partial charge in [0.05, 0.1) is 29.8 Å². The molecule has 0 bridgehead atoms. The van der Waals surface area contributed by atoms with Crippen molar-refractivity contribution in [1.82, 2.24) is 4.90 Å². The van der Waals surface area contributed by atoms with Crippen molar-refractivity contribution in [2.75, 3.05) is 32.9 Å². The number of alkyl halides is 1. The Hall–Kier alpha value is -0.0800. The average molecular weight is 413 g/mol. The van der Waals surface area contributed by atoms with Gasteiger partial charge in [-0.25, -0.2) is 4.79 Å². The summed E-state index contributed by atoms with van der Waals surface area (Å²) in [6, 6.07) is 0. The topological polar surface area (TPSA) is 48.0 Å². The molecule has 124 valence electrons. The molecule has 1 heterocycles. The number of amides is 1. The molecule has 0 aromatic rings. The highest BCUT2D eigenvalue weighted by molar-refractivity contribution is 14.1. The molecule has 5 nitrogen and oxygen atoms in total. The van der Waals surface area contributed by atoms with Gasteiger partial charge in [-0.15, -0.1) is 0 Å². The maximum Gasteiger partial charge on any atom is 0.410 e. The van der Waals surface area contributed by atoms with E-state index in [1.807, 2.05) is 20.8 Å². The van der Waals surface area contributed by atoms with Crippen molar-refractivity contribution in [3.63, 3.8) is 0 Å². The number of likely N-dealkylation sites (tertiary alicyclic amines) is 1. The lowest BCUT2D eigenvalue weighted by Gasteiger charge is -2.24. The van der Waals surface area contributed by atoms with E-state index < -0.39 is 5.60 Å². The van der Waals surface area contributed by atoms with Crippen LogP contribution in [0.25, 0.3) is 0 Å². The molecule has 0 N–H and O–H groups in total. The lowest BCUT2D eigenvalue weighted by molar-refractivity contribution is 0.000422. The van der Waals surface area contributed by atoms with E-state index in [4.69, 9.17) is 14.2 Å². The van der Waals surface area contributed by atoms with Crippen LogP contribution in [-0.4, -0.2) is 59.5 Å². The van der Waals surface area contributed by atoms with Crippen LogP contribution in [0.5, 0.6) is 0 Å². The predicted molar refractivity (Wildman–Crippen MR) is 91.0 cm³/mol. The maximum absolute atomic E-state index is 12.0. The largest absolute Gasteiger partial charge is 0.444 e. The number of halogens is 1. The van der Waals surface area contributed by atoms with Gasteiger partial charge in [-0.05, 0) is 26.7 Å². The van der Waals surface area contributed by atoms with E-state index in [9.17, 15) is 4.79 Å². The van der Waals surface area contributed by atoms with Gasteiger partial charge in [-0.3, -0.25) is 0 Å². The minimum atomic E-state index is -0.457. The first-order valence-corrected chi connectivity index (χ1v) is 8.75. The quantitative estimate of drug-likeness (QED) is 0.382. The summed E-state index contributed by atoms with van der Waals surface area (Å²) in [6.45, 7) is 13.1. The molecular formula is C15H28INO4. The summed E-state index contributed by atoms with van der Waals surface area (Å²) in [6.07, 6.45) is -0.202. The van der Waals surface area contributed by atoms with Crippen LogP contribution in [-0.2, 0) is 14.2 Å². The maximum atomic E-state index is 12.0. The molecule has 1 rings (SSSR count). The fourth-order valence-corrected chi connectivity index (χ4v) is 2.85. The molecule has 0 aromatic heterocycles. The summed E-state index contributed by atoms with van der Waals surface area (Å²) in [4.78, 5) is 13.7. The average Bonchev–Trinajstić information content (AvgIpc) is 2.68. The van der Waals surface area contributed by atoms with Crippen LogP contribution >= 0.6 is 22.6 Å². The Morgan fingerprint density at radius 2 is 1.95 bits per heavy atom. The zero-order chi connectivity index (χ0) is 16.0. The van der Waals surface area contributed by atoms with E-state index in [0.29, 0.717) is 36.1 Å². The fraction of sp³-hybridized carbons (Fsp3) is 0.933. The lowest BCUT2D eigenvalue weighted by Crippen LogP contribution is -2.36. The first kappa shape index (κ1) is 19.0. The zero-order valence-corrected chi connectivity index (χ0v) is 15.9. The van der Waals surface area contributed by atoms with Crippen molar-refractivity contribution in [2.45, 2.75) is 50.2 Å². The first-order valence-electron chi connectivity index (χ1n) is 7.50. The first-order chi connectivity index (χ1) is 9.69. The van der Waals surface area contributed by atoms with Crippen LogP contribution in [0.2, 0.25) is 0 Å².